The van der Waals surface area contributed by atoms with Gasteiger partial charge < -0.3 is 10.1 Å². The molecule has 1 atom stereocenters. The van der Waals surface area contributed by atoms with E-state index in [1.54, 1.807) is 43.8 Å². The molecule has 1 aromatic heterocycles. The molecule has 0 saturated heterocycles. The van der Waals surface area contributed by atoms with Crippen LogP contribution in [0.1, 0.15) is 28.2 Å². The summed E-state index contributed by atoms with van der Waals surface area (Å²) in [7, 11) is -1.69. The number of amides is 1. The number of methoxy groups -OCH3 is 1. The van der Waals surface area contributed by atoms with Crippen molar-refractivity contribution in [3.05, 3.63) is 46.4 Å². The minimum Gasteiger partial charge on any atom is -0.382 e. The summed E-state index contributed by atoms with van der Waals surface area (Å²) in [4.78, 5) is 16.8. The van der Waals surface area contributed by atoms with E-state index >= 15 is 0 Å². The summed E-state index contributed by atoms with van der Waals surface area (Å²) in [5.74, 6) is -0.185. The van der Waals surface area contributed by atoms with Gasteiger partial charge in [-0.15, -0.1) is 11.3 Å². The Bertz CT molecular complexity index is 740. The number of sulfone groups is 1. The van der Waals surface area contributed by atoms with Gasteiger partial charge in [-0.3, -0.25) is 9.78 Å². The van der Waals surface area contributed by atoms with E-state index in [1.807, 2.05) is 0 Å². The Morgan fingerprint density at radius 1 is 1.35 bits per heavy atom. The molecule has 1 amide bonds. The molecule has 0 aliphatic rings. The second-order valence-corrected chi connectivity index (χ2v) is 7.98. The first-order chi connectivity index (χ1) is 11.0. The van der Waals surface area contributed by atoms with Crippen LogP contribution in [0.4, 0.5) is 0 Å². The van der Waals surface area contributed by atoms with Crippen LogP contribution in [-0.4, -0.2) is 38.8 Å². The van der Waals surface area contributed by atoms with Crippen LogP contribution in [0.2, 0.25) is 0 Å². The number of hydrogen-bond donors (Lipinski definition) is 1. The monoisotopic (exact) mass is 354 g/mol. The van der Waals surface area contributed by atoms with Crippen molar-refractivity contribution in [1.29, 1.82) is 0 Å². The summed E-state index contributed by atoms with van der Waals surface area (Å²) in [6.45, 7) is 1.89. The van der Waals surface area contributed by atoms with Gasteiger partial charge in [0.2, 0.25) is 0 Å². The lowest BCUT2D eigenvalue weighted by molar-refractivity contribution is 0.0900. The normalized spacial score (nSPS) is 12.8. The van der Waals surface area contributed by atoms with Crippen molar-refractivity contribution < 1.29 is 17.9 Å². The van der Waals surface area contributed by atoms with Crippen LogP contribution in [0, 0.1) is 0 Å². The maximum absolute atomic E-state index is 12.1. The zero-order chi connectivity index (χ0) is 16.9. The zero-order valence-electron chi connectivity index (χ0n) is 12.9. The molecule has 0 spiro atoms. The molecule has 0 saturated carbocycles. The molecule has 0 aliphatic heterocycles. The number of aromatic nitrogens is 1. The second kappa shape index (κ2) is 7.67. The number of carbonyl (C=O) groups is 1. The van der Waals surface area contributed by atoms with Gasteiger partial charge in [-0.2, -0.15) is 0 Å². The summed E-state index contributed by atoms with van der Waals surface area (Å²) >= 11 is 1.25. The maximum Gasteiger partial charge on any atom is 0.263 e. The van der Waals surface area contributed by atoms with E-state index in [4.69, 9.17) is 4.74 Å². The lowest BCUT2D eigenvalue weighted by Crippen LogP contribution is -2.30. The fraction of sp³-hybridized carbons (Fsp3) is 0.333. The molecule has 124 valence electrons. The van der Waals surface area contributed by atoms with Crippen LogP contribution in [0.5, 0.6) is 0 Å². The molecule has 0 radical (unpaired) electrons. The molecule has 0 unspecified atom stereocenters. The van der Waals surface area contributed by atoms with E-state index < -0.39 is 9.84 Å². The molecule has 2 aromatic rings. The summed E-state index contributed by atoms with van der Waals surface area (Å²) in [5, 5.41) is 2.87. The van der Waals surface area contributed by atoms with Crippen molar-refractivity contribution in [1.82, 2.24) is 10.3 Å². The van der Waals surface area contributed by atoms with Crippen LogP contribution >= 0.6 is 11.3 Å². The average molecular weight is 354 g/mol. The predicted octanol–water partition coefficient (Wildman–Crippen LogP) is 2.05. The van der Waals surface area contributed by atoms with Gasteiger partial charge in [-0.25, -0.2) is 8.42 Å². The third-order valence-corrected chi connectivity index (χ3v) is 5.84. The number of ether oxygens (including phenoxy) is 1. The fourth-order valence-electron chi connectivity index (χ4n) is 2.02. The summed E-state index contributed by atoms with van der Waals surface area (Å²) in [6, 6.07) is 6.12. The number of nitrogens with zero attached hydrogens (tertiary/aromatic N) is 1. The third kappa shape index (κ3) is 4.37. The number of thiazole rings is 1. The van der Waals surface area contributed by atoms with Gasteiger partial charge in [-0.05, 0) is 17.7 Å². The molecule has 8 heteroatoms. The van der Waals surface area contributed by atoms with Gasteiger partial charge in [0.1, 0.15) is 4.88 Å². The minimum atomic E-state index is -3.24. The highest BCUT2D eigenvalue weighted by Crippen LogP contribution is 2.19. The number of carbonyl (C=O) groups excluding carboxylic acids is 1. The van der Waals surface area contributed by atoms with Gasteiger partial charge in [0, 0.05) is 7.11 Å². The molecular weight excluding hydrogens is 336 g/mol. The summed E-state index contributed by atoms with van der Waals surface area (Å²) in [5.41, 5.74) is 2.37. The summed E-state index contributed by atoms with van der Waals surface area (Å²) in [6.07, 6.45) is 1.50. The lowest BCUT2D eigenvalue weighted by Gasteiger charge is -2.18. The molecular formula is C15H18N2O4S2. The first kappa shape index (κ1) is 17.6. The predicted molar refractivity (Wildman–Crippen MR) is 88.4 cm³/mol. The molecule has 0 fully saturated rings. The Labute approximate surface area is 139 Å². The molecule has 2 rings (SSSR count). The van der Waals surface area contributed by atoms with E-state index in [-0.39, 0.29) is 29.2 Å². The van der Waals surface area contributed by atoms with E-state index in [9.17, 15) is 13.2 Å². The molecule has 1 heterocycles. The van der Waals surface area contributed by atoms with Crippen LogP contribution in [0.15, 0.2) is 40.9 Å². The number of nitrogens with one attached hydrogen (secondary N) is 1. The van der Waals surface area contributed by atoms with Gasteiger partial charge in [-0.1, -0.05) is 19.1 Å². The van der Waals surface area contributed by atoms with Crippen LogP contribution < -0.4 is 5.32 Å². The van der Waals surface area contributed by atoms with E-state index in [2.05, 4.69) is 10.3 Å². The molecule has 6 nitrogen and oxygen atoms in total. The first-order valence-electron chi connectivity index (χ1n) is 6.99. The van der Waals surface area contributed by atoms with Gasteiger partial charge in [0.05, 0.1) is 35.0 Å². The number of hydrogen-bond acceptors (Lipinski definition) is 6. The number of benzene rings is 1. The van der Waals surface area contributed by atoms with Crippen molar-refractivity contribution in [3.63, 3.8) is 0 Å². The highest BCUT2D eigenvalue weighted by atomic mass is 32.2. The van der Waals surface area contributed by atoms with E-state index in [0.717, 1.165) is 5.56 Å². The van der Waals surface area contributed by atoms with Crippen LogP contribution in [0.25, 0.3) is 0 Å². The van der Waals surface area contributed by atoms with E-state index in [1.165, 1.54) is 17.5 Å². The fourth-order valence-corrected chi connectivity index (χ4v) is 3.43. The molecule has 1 aromatic carbocycles. The largest absolute Gasteiger partial charge is 0.382 e. The standard InChI is InChI=1S/C15H18N2O4S2/c1-3-23(19,20)12-6-4-11(5-7-12)13(9-21-2)17-15(18)14-8-16-10-22-14/h4-8,10,13H,3,9H2,1-2H3,(H,17,18)/t13-/m0/s1. The highest BCUT2D eigenvalue weighted by Gasteiger charge is 2.18. The van der Waals surface area contributed by atoms with Gasteiger partial charge >= 0.3 is 0 Å². The van der Waals surface area contributed by atoms with E-state index in [0.29, 0.717) is 4.88 Å². The van der Waals surface area contributed by atoms with Crippen molar-refractivity contribution in [2.24, 2.45) is 0 Å². The topological polar surface area (TPSA) is 85.4 Å². The molecule has 1 N–H and O–H groups in total. The average Bonchev–Trinajstić information content (AvgIpc) is 3.09. The SMILES string of the molecule is CCS(=O)(=O)c1ccc([C@H](COC)NC(=O)c2cncs2)cc1. The molecule has 0 bridgehead atoms. The molecule has 23 heavy (non-hydrogen) atoms. The summed E-state index contributed by atoms with van der Waals surface area (Å²) < 4.78 is 28.8. The highest BCUT2D eigenvalue weighted by molar-refractivity contribution is 7.91. The zero-order valence-corrected chi connectivity index (χ0v) is 14.5. The van der Waals surface area contributed by atoms with Gasteiger partial charge in [0.25, 0.3) is 5.91 Å². The van der Waals surface area contributed by atoms with Crippen molar-refractivity contribution in [3.8, 4) is 0 Å². The Balaban J connectivity index is 2.19. The second-order valence-electron chi connectivity index (χ2n) is 4.82. The van der Waals surface area contributed by atoms with Gasteiger partial charge in [0.15, 0.2) is 9.84 Å². The quantitative estimate of drug-likeness (QED) is 0.822. The maximum atomic E-state index is 12.1. The Hall–Kier alpha value is -1.77. The first-order valence-corrected chi connectivity index (χ1v) is 9.52. The smallest absolute Gasteiger partial charge is 0.263 e. The van der Waals surface area contributed by atoms with Crippen molar-refractivity contribution >= 4 is 27.1 Å². The lowest BCUT2D eigenvalue weighted by atomic mass is 10.1. The number of rotatable bonds is 7. The van der Waals surface area contributed by atoms with Crippen molar-refractivity contribution in [2.75, 3.05) is 19.5 Å². The minimum absolute atomic E-state index is 0.0515. The van der Waals surface area contributed by atoms with Crippen LogP contribution in [0.3, 0.4) is 0 Å². The molecule has 0 aliphatic carbocycles. The Kier molecular flexibility index (Phi) is 5.86. The third-order valence-electron chi connectivity index (χ3n) is 3.32. The Morgan fingerprint density at radius 2 is 2.04 bits per heavy atom. The Morgan fingerprint density at radius 3 is 2.57 bits per heavy atom. The van der Waals surface area contributed by atoms with Crippen molar-refractivity contribution in [2.45, 2.75) is 17.9 Å². The van der Waals surface area contributed by atoms with Crippen LogP contribution in [-0.2, 0) is 14.6 Å².